The van der Waals surface area contributed by atoms with Crippen molar-refractivity contribution in [2.24, 2.45) is 0 Å². The van der Waals surface area contributed by atoms with E-state index in [2.05, 4.69) is 0 Å². The third kappa shape index (κ3) is 2.93. The fourth-order valence-corrected chi connectivity index (χ4v) is 2.21. The molecule has 0 atom stereocenters. The fraction of sp³-hybridized carbons (Fsp3) is 0.0667. The molecular formula is C15H9Cl2NO2. The molecule has 0 N–H and O–H groups in total. The molecule has 3 nitrogen and oxygen atoms in total. The normalized spacial score (nSPS) is 9.90. The zero-order valence-electron chi connectivity index (χ0n) is 10.5. The number of halogens is 2. The van der Waals surface area contributed by atoms with Crippen LogP contribution in [0.25, 0.3) is 0 Å². The van der Waals surface area contributed by atoms with Crippen molar-refractivity contribution in [2.75, 3.05) is 7.11 Å². The average molecular weight is 306 g/mol. The number of ketones is 1. The van der Waals surface area contributed by atoms with Crippen molar-refractivity contribution in [3.63, 3.8) is 0 Å². The van der Waals surface area contributed by atoms with Crippen molar-refractivity contribution in [3.8, 4) is 11.8 Å². The van der Waals surface area contributed by atoms with E-state index in [0.717, 1.165) is 0 Å². The number of benzene rings is 2. The van der Waals surface area contributed by atoms with Crippen LogP contribution in [0.15, 0.2) is 36.4 Å². The predicted octanol–water partition coefficient (Wildman–Crippen LogP) is 4.10. The number of nitrogens with zero attached hydrogens (tertiary/aromatic N) is 1. The zero-order chi connectivity index (χ0) is 14.7. The number of hydrogen-bond acceptors (Lipinski definition) is 3. The van der Waals surface area contributed by atoms with Crippen LogP contribution >= 0.6 is 23.2 Å². The summed E-state index contributed by atoms with van der Waals surface area (Å²) in [6, 6.07) is 11.2. The first-order valence-corrected chi connectivity index (χ1v) is 6.39. The van der Waals surface area contributed by atoms with E-state index in [1.165, 1.54) is 31.4 Å². The van der Waals surface area contributed by atoms with Gasteiger partial charge in [0.25, 0.3) is 0 Å². The van der Waals surface area contributed by atoms with Gasteiger partial charge in [-0.05, 0) is 36.4 Å². The monoisotopic (exact) mass is 305 g/mol. The molecule has 5 heteroatoms. The number of carbonyl (C=O) groups excluding carboxylic acids is 1. The molecule has 0 aliphatic rings. The fourth-order valence-electron chi connectivity index (χ4n) is 1.80. The van der Waals surface area contributed by atoms with Crippen LogP contribution in [-0.4, -0.2) is 12.9 Å². The molecule has 2 aromatic carbocycles. The van der Waals surface area contributed by atoms with Crippen LogP contribution in [-0.2, 0) is 0 Å². The van der Waals surface area contributed by atoms with E-state index in [4.69, 9.17) is 33.2 Å². The van der Waals surface area contributed by atoms with Gasteiger partial charge in [-0.3, -0.25) is 4.79 Å². The number of methoxy groups -OCH3 is 1. The first-order valence-electron chi connectivity index (χ1n) is 5.64. The van der Waals surface area contributed by atoms with Gasteiger partial charge in [-0.2, -0.15) is 5.26 Å². The molecule has 20 heavy (non-hydrogen) atoms. The minimum absolute atomic E-state index is 0.302. The minimum atomic E-state index is -0.302. The third-order valence-corrected chi connectivity index (χ3v) is 3.15. The Bertz CT molecular complexity index is 720. The standard InChI is InChI=1S/C15H9Cl2NO2/c1-20-14-3-2-11(16)7-13(14)15(19)10-4-9(8-18)5-12(17)6-10/h2-7H,1H3. The molecule has 2 rings (SSSR count). The molecule has 0 radical (unpaired) electrons. The van der Waals surface area contributed by atoms with Gasteiger partial charge in [0, 0.05) is 15.6 Å². The molecule has 0 aromatic heterocycles. The van der Waals surface area contributed by atoms with Crippen molar-refractivity contribution < 1.29 is 9.53 Å². The number of carbonyl (C=O) groups is 1. The van der Waals surface area contributed by atoms with Crippen molar-refractivity contribution in [1.29, 1.82) is 5.26 Å². The first kappa shape index (κ1) is 14.4. The summed E-state index contributed by atoms with van der Waals surface area (Å²) in [6.07, 6.45) is 0. The molecule has 0 unspecified atom stereocenters. The van der Waals surface area contributed by atoms with Gasteiger partial charge >= 0.3 is 0 Å². The smallest absolute Gasteiger partial charge is 0.196 e. The highest BCUT2D eigenvalue weighted by Crippen LogP contribution is 2.26. The van der Waals surface area contributed by atoms with E-state index in [-0.39, 0.29) is 5.78 Å². The quantitative estimate of drug-likeness (QED) is 0.802. The van der Waals surface area contributed by atoms with E-state index in [1.807, 2.05) is 6.07 Å². The Kier molecular flexibility index (Phi) is 4.29. The van der Waals surface area contributed by atoms with Crippen LogP contribution < -0.4 is 4.74 Å². The Morgan fingerprint density at radius 2 is 1.90 bits per heavy atom. The van der Waals surface area contributed by atoms with Gasteiger partial charge in [-0.15, -0.1) is 0 Å². The van der Waals surface area contributed by atoms with Crippen molar-refractivity contribution >= 4 is 29.0 Å². The van der Waals surface area contributed by atoms with Crippen molar-refractivity contribution in [3.05, 3.63) is 63.1 Å². The topological polar surface area (TPSA) is 50.1 Å². The Hall–Kier alpha value is -2.02. The lowest BCUT2D eigenvalue weighted by Gasteiger charge is -2.08. The summed E-state index contributed by atoms with van der Waals surface area (Å²) < 4.78 is 5.15. The van der Waals surface area contributed by atoms with E-state index >= 15 is 0 Å². The lowest BCUT2D eigenvalue weighted by atomic mass is 10.0. The Morgan fingerprint density at radius 1 is 1.15 bits per heavy atom. The number of nitriles is 1. The summed E-state index contributed by atoms with van der Waals surface area (Å²) in [5, 5.41) is 9.67. The van der Waals surface area contributed by atoms with E-state index in [0.29, 0.717) is 32.5 Å². The van der Waals surface area contributed by atoms with Crippen LogP contribution in [0.1, 0.15) is 21.5 Å². The summed E-state index contributed by atoms with van der Waals surface area (Å²) in [6.45, 7) is 0. The summed E-state index contributed by atoms with van der Waals surface area (Å²) in [5.41, 5.74) is 0.961. The first-order chi connectivity index (χ1) is 9.55. The molecule has 0 spiro atoms. The molecule has 2 aromatic rings. The molecule has 0 saturated heterocycles. The lowest BCUT2D eigenvalue weighted by molar-refractivity contribution is 0.103. The Balaban J connectivity index is 2.54. The molecule has 0 aliphatic heterocycles. The lowest BCUT2D eigenvalue weighted by Crippen LogP contribution is -2.04. The molecular weight excluding hydrogens is 297 g/mol. The minimum Gasteiger partial charge on any atom is -0.496 e. The van der Waals surface area contributed by atoms with Crippen LogP contribution in [0.5, 0.6) is 5.75 Å². The molecule has 0 fully saturated rings. The van der Waals surface area contributed by atoms with Gasteiger partial charge in [0.05, 0.1) is 24.3 Å². The Morgan fingerprint density at radius 3 is 2.55 bits per heavy atom. The number of rotatable bonds is 3. The number of hydrogen-bond donors (Lipinski definition) is 0. The highest BCUT2D eigenvalue weighted by molar-refractivity contribution is 6.32. The maximum atomic E-state index is 12.5. The summed E-state index contributed by atoms with van der Waals surface area (Å²) >= 11 is 11.8. The van der Waals surface area contributed by atoms with Gasteiger partial charge < -0.3 is 4.74 Å². The second-order valence-electron chi connectivity index (χ2n) is 4.01. The number of ether oxygens (including phenoxy) is 1. The second-order valence-corrected chi connectivity index (χ2v) is 4.89. The van der Waals surface area contributed by atoms with Crippen LogP contribution in [0.2, 0.25) is 10.0 Å². The molecule has 0 saturated carbocycles. The van der Waals surface area contributed by atoms with E-state index < -0.39 is 0 Å². The van der Waals surface area contributed by atoms with Gasteiger partial charge in [0.1, 0.15) is 5.75 Å². The van der Waals surface area contributed by atoms with Gasteiger partial charge in [-0.1, -0.05) is 23.2 Å². The SMILES string of the molecule is COc1ccc(Cl)cc1C(=O)c1cc(Cl)cc(C#N)c1. The van der Waals surface area contributed by atoms with E-state index in [1.54, 1.807) is 12.1 Å². The van der Waals surface area contributed by atoms with Crippen LogP contribution in [0.4, 0.5) is 0 Å². The Labute approximate surface area is 126 Å². The van der Waals surface area contributed by atoms with E-state index in [9.17, 15) is 4.79 Å². The third-order valence-electron chi connectivity index (χ3n) is 2.70. The van der Waals surface area contributed by atoms with Gasteiger partial charge in [-0.25, -0.2) is 0 Å². The van der Waals surface area contributed by atoms with Gasteiger partial charge in [0.15, 0.2) is 5.78 Å². The predicted molar refractivity (Wildman–Crippen MR) is 77.6 cm³/mol. The summed E-state index contributed by atoms with van der Waals surface area (Å²) in [7, 11) is 1.47. The highest BCUT2D eigenvalue weighted by Gasteiger charge is 2.16. The van der Waals surface area contributed by atoms with Crippen LogP contribution in [0, 0.1) is 11.3 Å². The molecule has 0 amide bonds. The zero-order valence-corrected chi connectivity index (χ0v) is 12.0. The maximum absolute atomic E-state index is 12.5. The van der Waals surface area contributed by atoms with Gasteiger partial charge in [0.2, 0.25) is 0 Å². The van der Waals surface area contributed by atoms with Crippen molar-refractivity contribution in [2.45, 2.75) is 0 Å². The second kappa shape index (κ2) is 5.96. The van der Waals surface area contributed by atoms with Crippen LogP contribution in [0.3, 0.4) is 0 Å². The summed E-state index contributed by atoms with van der Waals surface area (Å²) in [4.78, 5) is 12.5. The molecule has 0 bridgehead atoms. The molecule has 0 aliphatic carbocycles. The summed E-state index contributed by atoms with van der Waals surface area (Å²) in [5.74, 6) is 0.112. The largest absolute Gasteiger partial charge is 0.496 e. The molecule has 0 heterocycles. The highest BCUT2D eigenvalue weighted by atomic mass is 35.5. The average Bonchev–Trinajstić information content (AvgIpc) is 2.45. The maximum Gasteiger partial charge on any atom is 0.196 e. The van der Waals surface area contributed by atoms with Crippen molar-refractivity contribution in [1.82, 2.24) is 0 Å². The molecule has 100 valence electrons.